The lowest BCUT2D eigenvalue weighted by Gasteiger charge is -2.12. The number of aromatic nitrogens is 8. The molecule has 0 radical (unpaired) electrons. The Morgan fingerprint density at radius 1 is 1.10 bits per heavy atom. The van der Waals surface area contributed by atoms with E-state index in [4.69, 9.17) is 0 Å². The monoisotopic (exact) mass is 463 g/mol. The number of rotatable bonds is 6. The van der Waals surface area contributed by atoms with Crippen LogP contribution in [0.15, 0.2) is 59.3 Å². The zero-order valence-electron chi connectivity index (χ0n) is 16.1. The first-order chi connectivity index (χ1) is 14.7. The molecule has 1 aromatic carbocycles. The van der Waals surface area contributed by atoms with E-state index >= 15 is 0 Å². The van der Waals surface area contributed by atoms with E-state index in [1.54, 1.807) is 6.20 Å². The zero-order valence-corrected chi connectivity index (χ0v) is 17.7. The molecule has 30 heavy (non-hydrogen) atoms. The van der Waals surface area contributed by atoms with Gasteiger partial charge in [-0.05, 0) is 62.6 Å². The Hall–Kier alpha value is -3.53. The van der Waals surface area contributed by atoms with Gasteiger partial charge in [0, 0.05) is 30.1 Å². The summed E-state index contributed by atoms with van der Waals surface area (Å²) in [5, 5.41) is 22.0. The minimum Gasteiger partial charge on any atom is -0.366 e. The lowest BCUT2D eigenvalue weighted by Crippen LogP contribution is -2.07. The van der Waals surface area contributed by atoms with E-state index in [1.807, 2.05) is 33.3 Å². The van der Waals surface area contributed by atoms with Gasteiger partial charge in [-0.25, -0.2) is 10.1 Å². The minimum atomic E-state index is 0.610. The highest BCUT2D eigenvalue weighted by atomic mass is 79.9. The molecule has 9 nitrogen and oxygen atoms in total. The molecule has 0 aliphatic rings. The van der Waals surface area contributed by atoms with Gasteiger partial charge in [0.05, 0.1) is 16.5 Å². The Bertz CT molecular complexity index is 1290. The highest BCUT2D eigenvalue weighted by molar-refractivity contribution is 9.10. The normalized spacial score (nSPS) is 11.3. The number of nitrogens with zero attached hydrogens (tertiary/aromatic N) is 7. The third-order valence-electron chi connectivity index (χ3n) is 4.86. The van der Waals surface area contributed by atoms with Gasteiger partial charge >= 0.3 is 0 Å². The Morgan fingerprint density at radius 2 is 1.97 bits per heavy atom. The fourth-order valence-electron chi connectivity index (χ4n) is 3.35. The van der Waals surface area contributed by atoms with Gasteiger partial charge in [0.25, 0.3) is 0 Å². The summed E-state index contributed by atoms with van der Waals surface area (Å²) in [6.07, 6.45) is 2.64. The third-order valence-corrected chi connectivity index (χ3v) is 5.48. The first kappa shape index (κ1) is 18.5. The number of aromatic amines is 1. The van der Waals surface area contributed by atoms with Crippen molar-refractivity contribution in [2.45, 2.75) is 19.9 Å². The van der Waals surface area contributed by atoms with Gasteiger partial charge in [0.1, 0.15) is 5.82 Å². The van der Waals surface area contributed by atoms with Gasteiger partial charge in [-0.15, -0.1) is 5.10 Å². The molecular weight excluding hydrogens is 446 g/mol. The predicted octanol–water partition coefficient (Wildman–Crippen LogP) is 3.64. The van der Waals surface area contributed by atoms with Crippen LogP contribution in [0.5, 0.6) is 0 Å². The first-order valence-corrected chi connectivity index (χ1v) is 10.3. The first-order valence-electron chi connectivity index (χ1n) is 9.51. The minimum absolute atomic E-state index is 0.610. The molecule has 2 N–H and O–H groups in total. The van der Waals surface area contributed by atoms with E-state index in [-0.39, 0.29) is 0 Å². The fourth-order valence-corrected chi connectivity index (χ4v) is 3.88. The summed E-state index contributed by atoms with van der Waals surface area (Å²) in [5.74, 6) is 1.54. The SMILES string of the molecule is CCc1cc(NCc2ccc(-n3c(Br)ccc3-c3nnn[nH]3)cc2)n2nccc2n1. The number of H-pyrrole nitrogens is 1. The van der Waals surface area contributed by atoms with E-state index in [2.05, 4.69) is 83.1 Å². The molecule has 4 heterocycles. The van der Waals surface area contributed by atoms with Crippen molar-refractivity contribution in [1.82, 2.24) is 39.8 Å². The summed E-state index contributed by atoms with van der Waals surface area (Å²) in [5.41, 5.74) is 4.92. The van der Waals surface area contributed by atoms with Crippen LogP contribution in [0.25, 0.3) is 22.9 Å². The topological polar surface area (TPSA) is 102 Å². The van der Waals surface area contributed by atoms with E-state index in [1.165, 1.54) is 0 Å². The predicted molar refractivity (Wildman–Crippen MR) is 116 cm³/mol. The zero-order chi connectivity index (χ0) is 20.5. The van der Waals surface area contributed by atoms with Gasteiger partial charge in [-0.1, -0.05) is 19.1 Å². The summed E-state index contributed by atoms with van der Waals surface area (Å²) >= 11 is 3.60. The molecule has 0 aliphatic carbocycles. The number of halogens is 1. The van der Waals surface area contributed by atoms with Crippen molar-refractivity contribution in [3.8, 4) is 17.2 Å². The molecule has 0 saturated heterocycles. The van der Waals surface area contributed by atoms with Crippen LogP contribution in [-0.4, -0.2) is 39.8 Å². The van der Waals surface area contributed by atoms with Crippen LogP contribution in [0.1, 0.15) is 18.2 Å². The number of hydrogen-bond donors (Lipinski definition) is 2. The second-order valence-corrected chi connectivity index (χ2v) is 7.55. The molecule has 0 fully saturated rings. The molecular formula is C20H18BrN9. The molecule has 0 saturated carbocycles. The van der Waals surface area contributed by atoms with Crippen LogP contribution in [0.2, 0.25) is 0 Å². The van der Waals surface area contributed by atoms with Crippen LogP contribution in [0, 0.1) is 0 Å². The van der Waals surface area contributed by atoms with Crippen molar-refractivity contribution in [1.29, 1.82) is 0 Å². The van der Waals surface area contributed by atoms with Crippen LogP contribution in [0.3, 0.4) is 0 Å². The van der Waals surface area contributed by atoms with Gasteiger partial charge in [-0.3, -0.25) is 0 Å². The van der Waals surface area contributed by atoms with Crippen LogP contribution in [0.4, 0.5) is 5.82 Å². The van der Waals surface area contributed by atoms with Crippen molar-refractivity contribution in [2.24, 2.45) is 0 Å². The van der Waals surface area contributed by atoms with Gasteiger partial charge in [-0.2, -0.15) is 9.61 Å². The number of tetrazole rings is 1. The summed E-state index contributed by atoms with van der Waals surface area (Å²) in [6.45, 7) is 2.77. The number of benzene rings is 1. The maximum absolute atomic E-state index is 4.58. The van der Waals surface area contributed by atoms with E-state index < -0.39 is 0 Å². The Morgan fingerprint density at radius 3 is 2.73 bits per heavy atom. The van der Waals surface area contributed by atoms with E-state index in [9.17, 15) is 0 Å². The number of aryl methyl sites for hydroxylation is 1. The van der Waals surface area contributed by atoms with Crippen molar-refractivity contribution in [3.63, 3.8) is 0 Å². The Balaban J connectivity index is 1.39. The largest absolute Gasteiger partial charge is 0.366 e. The Labute approximate surface area is 180 Å². The number of anilines is 1. The van der Waals surface area contributed by atoms with Gasteiger partial charge in [0.15, 0.2) is 11.5 Å². The number of hydrogen-bond acceptors (Lipinski definition) is 6. The van der Waals surface area contributed by atoms with Crippen molar-refractivity contribution < 1.29 is 0 Å². The van der Waals surface area contributed by atoms with Crippen molar-refractivity contribution in [3.05, 3.63) is 70.6 Å². The summed E-state index contributed by atoms with van der Waals surface area (Å²) in [4.78, 5) is 4.58. The van der Waals surface area contributed by atoms with E-state index in [0.29, 0.717) is 12.4 Å². The summed E-state index contributed by atoms with van der Waals surface area (Å²) < 4.78 is 4.79. The van der Waals surface area contributed by atoms with Gasteiger partial charge in [0.2, 0.25) is 0 Å². The molecule has 10 heteroatoms. The highest BCUT2D eigenvalue weighted by Gasteiger charge is 2.13. The van der Waals surface area contributed by atoms with Gasteiger partial charge < -0.3 is 9.88 Å². The second-order valence-electron chi connectivity index (χ2n) is 6.73. The maximum atomic E-state index is 4.58. The van der Waals surface area contributed by atoms with Crippen LogP contribution in [-0.2, 0) is 13.0 Å². The lowest BCUT2D eigenvalue weighted by atomic mass is 10.2. The molecule has 5 aromatic rings. The number of fused-ring (bicyclic) bond motifs is 1. The van der Waals surface area contributed by atoms with E-state index in [0.717, 1.165) is 45.1 Å². The molecule has 5 rings (SSSR count). The fraction of sp³-hybridized carbons (Fsp3) is 0.150. The molecule has 0 aliphatic heterocycles. The molecule has 0 spiro atoms. The standard InChI is InChI=1S/C20H18BrN9/c1-2-14-11-19(30-18(24-14)9-10-23-30)22-12-13-3-5-15(6-4-13)29-16(7-8-17(29)21)20-25-27-28-26-20/h3-11,22H,2,12H2,1H3,(H,25,26,27,28). The quantitative estimate of drug-likeness (QED) is 0.398. The smallest absolute Gasteiger partial charge is 0.196 e. The van der Waals surface area contributed by atoms with Crippen molar-refractivity contribution in [2.75, 3.05) is 5.32 Å². The third kappa shape index (κ3) is 3.35. The second kappa shape index (κ2) is 7.71. The summed E-state index contributed by atoms with van der Waals surface area (Å²) in [7, 11) is 0. The molecule has 0 bridgehead atoms. The molecule has 4 aromatic heterocycles. The highest BCUT2D eigenvalue weighted by Crippen LogP contribution is 2.27. The lowest BCUT2D eigenvalue weighted by molar-refractivity contribution is 0.881. The average molecular weight is 464 g/mol. The Kier molecular flexibility index (Phi) is 4.75. The average Bonchev–Trinajstić information content (AvgIpc) is 3.52. The van der Waals surface area contributed by atoms with Crippen molar-refractivity contribution >= 4 is 27.4 Å². The van der Waals surface area contributed by atoms with Crippen LogP contribution >= 0.6 is 15.9 Å². The maximum Gasteiger partial charge on any atom is 0.196 e. The van der Waals surface area contributed by atoms with Crippen LogP contribution < -0.4 is 5.32 Å². The molecule has 0 amide bonds. The molecule has 0 atom stereocenters. The number of nitrogens with one attached hydrogen (secondary N) is 2. The molecule has 0 unspecified atom stereocenters. The summed E-state index contributed by atoms with van der Waals surface area (Å²) in [6, 6.07) is 16.2. The molecule has 150 valence electrons.